The molecule has 8 atom stereocenters. The maximum absolute atomic E-state index is 14.3. The summed E-state index contributed by atoms with van der Waals surface area (Å²) in [5, 5.41) is 16.5. The Morgan fingerprint density at radius 1 is 1.15 bits per heavy atom. The average molecular weight is 599 g/mol. The Balaban J connectivity index is 1.56. The third kappa shape index (κ3) is 4.58. The van der Waals surface area contributed by atoms with Crippen molar-refractivity contribution in [3.05, 3.63) is 59.7 Å². The number of aryl methyl sites for hydroxylation is 2. The highest BCUT2D eigenvalue weighted by atomic mass is 79.9. The van der Waals surface area contributed by atoms with Gasteiger partial charge in [-0.15, -0.1) is 0 Å². The Labute approximate surface area is 237 Å². The van der Waals surface area contributed by atoms with E-state index in [0.29, 0.717) is 24.2 Å². The monoisotopic (exact) mass is 597 g/mol. The van der Waals surface area contributed by atoms with Gasteiger partial charge >= 0.3 is 0 Å². The first-order chi connectivity index (χ1) is 18.6. The molecule has 0 aliphatic carbocycles. The molecular weight excluding hydrogens is 562 g/mol. The van der Waals surface area contributed by atoms with Gasteiger partial charge in [0, 0.05) is 16.2 Å². The number of hydrogen-bond donors (Lipinski definition) is 3. The maximum atomic E-state index is 14.3. The highest BCUT2D eigenvalue weighted by Gasteiger charge is 2.77. The molecule has 1 spiro atoms. The van der Waals surface area contributed by atoms with Crippen LogP contribution in [0.3, 0.4) is 0 Å². The largest absolute Gasteiger partial charge is 0.394 e. The van der Waals surface area contributed by atoms with E-state index in [1.807, 2.05) is 64.1 Å². The molecule has 208 valence electrons. The number of carbonyl (C=O) groups is 3. The van der Waals surface area contributed by atoms with Crippen molar-refractivity contribution in [2.45, 2.75) is 69.2 Å². The molecule has 3 unspecified atom stereocenters. The Bertz CT molecular complexity index is 1270. The van der Waals surface area contributed by atoms with E-state index in [4.69, 9.17) is 4.74 Å². The molecule has 3 fully saturated rings. The van der Waals surface area contributed by atoms with E-state index in [1.54, 1.807) is 12.1 Å². The van der Waals surface area contributed by atoms with E-state index >= 15 is 0 Å². The van der Waals surface area contributed by atoms with Crippen LogP contribution in [-0.4, -0.2) is 63.0 Å². The van der Waals surface area contributed by atoms with Crippen LogP contribution < -0.4 is 10.6 Å². The van der Waals surface area contributed by atoms with Gasteiger partial charge in [-0.25, -0.2) is 0 Å². The molecule has 3 aliphatic rings. The van der Waals surface area contributed by atoms with Crippen molar-refractivity contribution in [3.8, 4) is 0 Å². The van der Waals surface area contributed by atoms with Crippen LogP contribution in [0.1, 0.15) is 37.8 Å². The number of fused-ring (bicyclic) bond motifs is 1. The number of ether oxygens (including phenoxy) is 1. The zero-order valence-electron chi connectivity index (χ0n) is 22.7. The topological polar surface area (TPSA) is 108 Å². The number of benzene rings is 2. The Kier molecular flexibility index (Phi) is 7.61. The lowest BCUT2D eigenvalue weighted by Gasteiger charge is -2.38. The molecule has 2 aromatic carbocycles. The number of para-hydroxylation sites is 1. The maximum Gasteiger partial charge on any atom is 0.250 e. The van der Waals surface area contributed by atoms with E-state index in [-0.39, 0.29) is 35.1 Å². The number of rotatable bonds is 8. The number of alkyl halides is 1. The summed E-state index contributed by atoms with van der Waals surface area (Å²) in [4.78, 5) is 43.5. The number of amides is 3. The fourth-order valence-corrected chi connectivity index (χ4v) is 7.60. The second kappa shape index (κ2) is 10.7. The third-order valence-electron chi connectivity index (χ3n) is 8.82. The predicted octanol–water partition coefficient (Wildman–Crippen LogP) is 4.04. The van der Waals surface area contributed by atoms with Crippen LogP contribution in [0.15, 0.2) is 48.5 Å². The van der Waals surface area contributed by atoms with Crippen LogP contribution in [0.25, 0.3) is 0 Å². The molecule has 5 rings (SSSR count). The van der Waals surface area contributed by atoms with E-state index < -0.39 is 35.6 Å². The van der Waals surface area contributed by atoms with Crippen LogP contribution >= 0.6 is 15.9 Å². The Morgan fingerprint density at radius 3 is 2.54 bits per heavy atom. The van der Waals surface area contributed by atoms with Gasteiger partial charge < -0.3 is 25.4 Å². The summed E-state index contributed by atoms with van der Waals surface area (Å²) < 4.78 is 6.59. The van der Waals surface area contributed by atoms with E-state index in [9.17, 15) is 19.5 Å². The fraction of sp³-hybridized carbons (Fsp3) is 0.500. The van der Waals surface area contributed by atoms with Crippen molar-refractivity contribution in [2.24, 2.45) is 17.8 Å². The number of nitrogens with one attached hydrogen (secondary N) is 2. The molecule has 9 heteroatoms. The molecule has 2 bridgehead atoms. The quantitative estimate of drug-likeness (QED) is 0.398. The standard InChI is InChI=1S/C30H36BrN3O5/c1-5-17(3)22(15-35)34-26(28(37)33-21-13-16(2)11-12-18(21)4)30-14-20(31)25(39-30)23(24(30)29(34)38)27(36)32-19-9-7-6-8-10-19/h6-13,17,20,22-26,35H,5,14-15H2,1-4H3,(H,32,36)(H,33,37)/t17-,20?,22-,23-,24-,25-,26?,30?/m0/s1. The molecule has 0 radical (unpaired) electrons. The third-order valence-corrected chi connectivity index (χ3v) is 9.66. The molecule has 3 heterocycles. The van der Waals surface area contributed by atoms with Crippen molar-refractivity contribution >= 4 is 45.0 Å². The van der Waals surface area contributed by atoms with E-state index in [0.717, 1.165) is 11.1 Å². The molecule has 3 N–H and O–H groups in total. The summed E-state index contributed by atoms with van der Waals surface area (Å²) in [6.07, 6.45) is 0.556. The van der Waals surface area contributed by atoms with Gasteiger partial charge in [0.25, 0.3) is 0 Å². The summed E-state index contributed by atoms with van der Waals surface area (Å²) >= 11 is 3.71. The first-order valence-corrected chi connectivity index (χ1v) is 14.5. The molecule has 8 nitrogen and oxygen atoms in total. The second-order valence-electron chi connectivity index (χ2n) is 11.2. The summed E-state index contributed by atoms with van der Waals surface area (Å²) in [5.74, 6) is -2.69. The summed E-state index contributed by atoms with van der Waals surface area (Å²) in [5.41, 5.74) is 1.99. The lowest BCUT2D eigenvalue weighted by molar-refractivity contribution is -0.144. The van der Waals surface area contributed by atoms with Gasteiger partial charge in [-0.1, -0.05) is 66.5 Å². The number of anilines is 2. The molecule has 2 aromatic rings. The van der Waals surface area contributed by atoms with Gasteiger partial charge in [0.05, 0.1) is 30.6 Å². The van der Waals surface area contributed by atoms with Crippen LogP contribution in [0, 0.1) is 31.6 Å². The zero-order chi connectivity index (χ0) is 28.1. The van der Waals surface area contributed by atoms with Crippen LogP contribution in [-0.2, 0) is 19.1 Å². The zero-order valence-corrected chi connectivity index (χ0v) is 24.3. The van der Waals surface area contributed by atoms with Crippen molar-refractivity contribution in [1.29, 1.82) is 0 Å². The normalized spacial score (nSPS) is 30.7. The average Bonchev–Trinajstić information content (AvgIpc) is 3.50. The minimum atomic E-state index is -1.20. The number of nitrogens with zero attached hydrogens (tertiary/aromatic N) is 1. The number of hydrogen-bond acceptors (Lipinski definition) is 5. The van der Waals surface area contributed by atoms with Gasteiger partial charge in [0.2, 0.25) is 17.7 Å². The minimum Gasteiger partial charge on any atom is -0.394 e. The first-order valence-electron chi connectivity index (χ1n) is 13.6. The minimum absolute atomic E-state index is 0.0706. The van der Waals surface area contributed by atoms with E-state index in [1.165, 1.54) is 4.90 Å². The fourth-order valence-electron chi connectivity index (χ4n) is 6.66. The molecule has 0 saturated carbocycles. The SMILES string of the molecule is CC[C@H](C)[C@H](CO)N1C(=O)[C@@H]2[C@H](C(=O)Nc3ccccc3)[C@H]3OC2(CC3Br)C1C(=O)Nc1cc(C)ccc1C. The van der Waals surface area contributed by atoms with Gasteiger partial charge in [-0.05, 0) is 55.5 Å². The van der Waals surface area contributed by atoms with Crippen LogP contribution in [0.4, 0.5) is 11.4 Å². The van der Waals surface area contributed by atoms with Crippen molar-refractivity contribution < 1.29 is 24.2 Å². The van der Waals surface area contributed by atoms with Gasteiger partial charge in [0.1, 0.15) is 11.6 Å². The van der Waals surface area contributed by atoms with E-state index in [2.05, 4.69) is 26.6 Å². The molecule has 3 aliphatic heterocycles. The molecule has 0 aromatic heterocycles. The number of likely N-dealkylation sites (tertiary alicyclic amines) is 1. The number of aliphatic hydroxyl groups excluding tert-OH is 1. The summed E-state index contributed by atoms with van der Waals surface area (Å²) in [7, 11) is 0. The molecule has 3 saturated heterocycles. The summed E-state index contributed by atoms with van der Waals surface area (Å²) in [6.45, 7) is 7.53. The number of aliphatic hydroxyl groups is 1. The van der Waals surface area contributed by atoms with Crippen LogP contribution in [0.2, 0.25) is 0 Å². The molecular formula is C30H36BrN3O5. The highest BCUT2D eigenvalue weighted by molar-refractivity contribution is 9.09. The lowest BCUT2D eigenvalue weighted by Crippen LogP contribution is -2.57. The summed E-state index contributed by atoms with van der Waals surface area (Å²) in [6, 6.07) is 13.3. The van der Waals surface area contributed by atoms with Gasteiger partial charge in [-0.3, -0.25) is 14.4 Å². The Morgan fingerprint density at radius 2 is 1.87 bits per heavy atom. The van der Waals surface area contributed by atoms with Gasteiger partial charge in [-0.2, -0.15) is 0 Å². The highest BCUT2D eigenvalue weighted by Crippen LogP contribution is 2.60. The smallest absolute Gasteiger partial charge is 0.250 e. The Hall–Kier alpha value is -2.75. The number of carbonyl (C=O) groups excluding carboxylic acids is 3. The van der Waals surface area contributed by atoms with Crippen molar-refractivity contribution in [3.63, 3.8) is 0 Å². The lowest BCUT2D eigenvalue weighted by atomic mass is 9.70. The first kappa shape index (κ1) is 27.8. The molecule has 3 amide bonds. The van der Waals surface area contributed by atoms with Crippen LogP contribution in [0.5, 0.6) is 0 Å². The van der Waals surface area contributed by atoms with Crippen molar-refractivity contribution in [1.82, 2.24) is 4.90 Å². The van der Waals surface area contributed by atoms with Gasteiger partial charge in [0.15, 0.2) is 0 Å². The predicted molar refractivity (Wildman–Crippen MR) is 152 cm³/mol. The molecule has 39 heavy (non-hydrogen) atoms. The number of halogens is 1. The van der Waals surface area contributed by atoms with Crippen molar-refractivity contribution in [2.75, 3.05) is 17.2 Å². The second-order valence-corrected chi connectivity index (χ2v) is 12.4.